The van der Waals surface area contributed by atoms with Gasteiger partial charge in [0.15, 0.2) is 0 Å². The first-order chi connectivity index (χ1) is 8.79. The SMILES string of the molecule is Cc1cc2cc3cc(C4=CC=CC4)[te]c3cc2[se]1. The number of fused-ring (bicyclic) bond motifs is 2. The molecule has 2 heteroatoms. The second-order valence-electron chi connectivity index (χ2n) is 4.72. The van der Waals surface area contributed by atoms with Gasteiger partial charge in [0.1, 0.15) is 0 Å². The van der Waals surface area contributed by atoms with Crippen LogP contribution in [0.5, 0.6) is 0 Å². The summed E-state index contributed by atoms with van der Waals surface area (Å²) in [5.74, 6) is 0. The van der Waals surface area contributed by atoms with Gasteiger partial charge in [-0.1, -0.05) is 0 Å². The van der Waals surface area contributed by atoms with Crippen LogP contribution >= 0.6 is 0 Å². The Hall–Kier alpha value is -0.511. The Balaban J connectivity index is 1.94. The van der Waals surface area contributed by atoms with Crippen molar-refractivity contribution in [1.82, 2.24) is 0 Å². The van der Waals surface area contributed by atoms with Crippen LogP contribution in [-0.2, 0) is 0 Å². The third kappa shape index (κ3) is 1.80. The van der Waals surface area contributed by atoms with Crippen molar-refractivity contribution in [3.8, 4) is 0 Å². The van der Waals surface area contributed by atoms with Gasteiger partial charge >= 0.3 is 123 Å². The first-order valence-corrected chi connectivity index (χ1v) is 10.1. The fraction of sp³-hybridized carbons (Fsp3) is 0.125. The van der Waals surface area contributed by atoms with Gasteiger partial charge in [-0.15, -0.1) is 0 Å². The minimum absolute atomic E-state index is 0.134. The van der Waals surface area contributed by atoms with Crippen LogP contribution in [0.2, 0.25) is 0 Å². The van der Waals surface area contributed by atoms with E-state index in [4.69, 9.17) is 0 Å². The average Bonchev–Trinajstić information content (AvgIpc) is 3.02. The molecule has 0 spiro atoms. The third-order valence-electron chi connectivity index (χ3n) is 3.37. The molecule has 1 aliphatic rings. The second kappa shape index (κ2) is 4.26. The number of hydrogen-bond acceptors (Lipinski definition) is 0. The van der Waals surface area contributed by atoms with E-state index in [2.05, 4.69) is 49.4 Å². The quantitative estimate of drug-likeness (QED) is 0.536. The van der Waals surface area contributed by atoms with E-state index in [0.29, 0.717) is 14.5 Å². The molecular weight excluding hydrogens is 399 g/mol. The summed E-state index contributed by atoms with van der Waals surface area (Å²) < 4.78 is 6.48. The molecule has 0 amide bonds. The molecule has 4 rings (SSSR count). The van der Waals surface area contributed by atoms with Gasteiger partial charge in [0.2, 0.25) is 0 Å². The Bertz CT molecular complexity index is 763. The summed E-state index contributed by atoms with van der Waals surface area (Å²) in [6, 6.07) is 9.75. The van der Waals surface area contributed by atoms with Crippen molar-refractivity contribution < 1.29 is 0 Å². The molecule has 1 aliphatic carbocycles. The Morgan fingerprint density at radius 2 is 2.06 bits per heavy atom. The molecule has 0 unspecified atom stereocenters. The van der Waals surface area contributed by atoms with Crippen LogP contribution in [0.3, 0.4) is 0 Å². The van der Waals surface area contributed by atoms with Crippen LogP contribution in [0.1, 0.15) is 14.4 Å². The molecule has 0 fully saturated rings. The van der Waals surface area contributed by atoms with E-state index < -0.39 is 0 Å². The van der Waals surface area contributed by atoms with Crippen LogP contribution in [0.25, 0.3) is 24.0 Å². The van der Waals surface area contributed by atoms with Crippen LogP contribution in [0.15, 0.2) is 42.5 Å². The molecule has 0 radical (unpaired) electrons. The molecule has 2 aromatic heterocycles. The second-order valence-corrected chi connectivity index (χ2v) is 10.5. The van der Waals surface area contributed by atoms with E-state index in [0.717, 1.165) is 6.42 Å². The zero-order valence-corrected chi connectivity index (χ0v) is 14.1. The van der Waals surface area contributed by atoms with Crippen molar-refractivity contribution in [3.63, 3.8) is 0 Å². The molecule has 18 heavy (non-hydrogen) atoms. The summed E-state index contributed by atoms with van der Waals surface area (Å²) in [5, 5.41) is 2.98. The van der Waals surface area contributed by atoms with Crippen molar-refractivity contribution in [2.24, 2.45) is 0 Å². The maximum absolute atomic E-state index is 2.51. The van der Waals surface area contributed by atoms with Crippen LogP contribution in [-0.4, -0.2) is 34.9 Å². The van der Waals surface area contributed by atoms with E-state index in [1.54, 1.807) is 21.3 Å². The van der Waals surface area contributed by atoms with Crippen molar-refractivity contribution in [1.29, 1.82) is 0 Å². The van der Waals surface area contributed by atoms with Gasteiger partial charge in [-0.3, -0.25) is 0 Å². The van der Waals surface area contributed by atoms with E-state index >= 15 is 0 Å². The summed E-state index contributed by atoms with van der Waals surface area (Å²) >= 11 is 0.458. The number of aryl methyl sites for hydroxylation is 1. The van der Waals surface area contributed by atoms with Gasteiger partial charge in [0.25, 0.3) is 0 Å². The molecule has 88 valence electrons. The molecule has 0 bridgehead atoms. The molecule has 2 heterocycles. The predicted molar refractivity (Wildman–Crippen MR) is 81.8 cm³/mol. The third-order valence-corrected chi connectivity index (χ3v) is 8.84. The monoisotopic (exact) mass is 414 g/mol. The van der Waals surface area contributed by atoms with Gasteiger partial charge in [-0.05, 0) is 0 Å². The predicted octanol–water partition coefficient (Wildman–Crippen LogP) is 3.76. The Morgan fingerprint density at radius 3 is 2.89 bits per heavy atom. The fourth-order valence-electron chi connectivity index (χ4n) is 2.50. The zero-order chi connectivity index (χ0) is 12.1. The van der Waals surface area contributed by atoms with Gasteiger partial charge in [0, 0.05) is 0 Å². The van der Waals surface area contributed by atoms with Gasteiger partial charge in [-0.2, -0.15) is 0 Å². The summed E-state index contributed by atoms with van der Waals surface area (Å²) in [4.78, 5) is 0. The van der Waals surface area contributed by atoms with Crippen LogP contribution in [0, 0.1) is 6.92 Å². The molecule has 0 nitrogen and oxygen atoms in total. The van der Waals surface area contributed by atoms with E-state index in [9.17, 15) is 0 Å². The van der Waals surface area contributed by atoms with E-state index in [1.807, 2.05) is 0 Å². The van der Waals surface area contributed by atoms with Gasteiger partial charge in [0.05, 0.1) is 0 Å². The summed E-state index contributed by atoms with van der Waals surface area (Å²) in [7, 11) is 0. The Morgan fingerprint density at radius 1 is 1.11 bits per heavy atom. The first kappa shape index (κ1) is 11.3. The minimum atomic E-state index is -0.134. The molecule has 0 atom stereocenters. The van der Waals surface area contributed by atoms with Crippen LogP contribution in [0.4, 0.5) is 0 Å². The molecule has 0 saturated carbocycles. The van der Waals surface area contributed by atoms with Gasteiger partial charge < -0.3 is 0 Å². The normalized spacial score (nSPS) is 14.8. The zero-order valence-electron chi connectivity index (χ0n) is 10.1. The average molecular weight is 411 g/mol. The molecule has 1 aromatic carbocycles. The number of hydrogen-bond donors (Lipinski definition) is 0. The summed E-state index contributed by atoms with van der Waals surface area (Å²) in [6.45, 7) is 2.26. The van der Waals surface area contributed by atoms with E-state index in [1.165, 1.54) is 10.8 Å². The van der Waals surface area contributed by atoms with Crippen molar-refractivity contribution in [2.45, 2.75) is 13.3 Å². The van der Waals surface area contributed by atoms with Crippen molar-refractivity contribution in [3.05, 3.63) is 50.5 Å². The molecule has 0 saturated heterocycles. The van der Waals surface area contributed by atoms with Crippen molar-refractivity contribution >= 4 is 58.9 Å². The molecule has 0 aliphatic heterocycles. The topological polar surface area (TPSA) is 0 Å². The van der Waals surface area contributed by atoms with E-state index in [-0.39, 0.29) is 20.4 Å². The summed E-state index contributed by atoms with van der Waals surface area (Å²) in [6.07, 6.45) is 7.90. The number of benzene rings is 1. The van der Waals surface area contributed by atoms with Crippen molar-refractivity contribution in [2.75, 3.05) is 0 Å². The number of rotatable bonds is 1. The first-order valence-electron chi connectivity index (χ1n) is 6.09. The van der Waals surface area contributed by atoms with Crippen LogP contribution < -0.4 is 0 Å². The maximum atomic E-state index is 2.51. The fourth-order valence-corrected chi connectivity index (χ4v) is 8.19. The molecule has 0 N–H and O–H groups in total. The number of allylic oxidation sites excluding steroid dienone is 4. The Kier molecular flexibility index (Phi) is 2.68. The van der Waals surface area contributed by atoms with Gasteiger partial charge in [-0.25, -0.2) is 0 Å². The molecular formula is C16H12SeTe. The summed E-state index contributed by atoms with van der Waals surface area (Å²) in [5.41, 5.74) is 1.56. The standard InChI is InChI=1S/C16H12SeTe/c1-10-6-12-7-13-8-15(11-4-2-3-5-11)18-16(13)9-14(12)17-10/h2-4,6-9H,5H2,1H3. The molecule has 3 aromatic rings. The Labute approximate surface area is 122 Å².